The van der Waals surface area contributed by atoms with Gasteiger partial charge in [-0.15, -0.1) is 0 Å². The third-order valence-electron chi connectivity index (χ3n) is 5.91. The van der Waals surface area contributed by atoms with Crippen molar-refractivity contribution in [1.29, 1.82) is 0 Å². The van der Waals surface area contributed by atoms with E-state index >= 15 is 0 Å². The minimum absolute atomic E-state index is 0.0799. The van der Waals surface area contributed by atoms with E-state index in [0.29, 0.717) is 41.8 Å². The van der Waals surface area contributed by atoms with Crippen LogP contribution in [0.4, 0.5) is 34.5 Å². The number of benzene rings is 2. The normalized spacial score (nSPS) is 13.2. The minimum atomic E-state index is -0.501. The van der Waals surface area contributed by atoms with Gasteiger partial charge in [-0.3, -0.25) is 14.9 Å². The Morgan fingerprint density at radius 3 is 2.41 bits per heavy atom. The molecule has 2 heterocycles. The third-order valence-corrected chi connectivity index (χ3v) is 6.19. The molecule has 13 heteroatoms. The van der Waals surface area contributed by atoms with Crippen LogP contribution in [0.25, 0.3) is 0 Å². The number of ether oxygens (including phenoxy) is 2. The summed E-state index contributed by atoms with van der Waals surface area (Å²) in [4.78, 5) is 34.9. The molecule has 2 aromatic carbocycles. The highest BCUT2D eigenvalue weighted by Crippen LogP contribution is 2.35. The number of halogens is 1. The van der Waals surface area contributed by atoms with Crippen molar-refractivity contribution >= 4 is 52.0 Å². The van der Waals surface area contributed by atoms with Crippen LogP contribution in [-0.4, -0.2) is 66.1 Å². The number of piperazine rings is 1. The van der Waals surface area contributed by atoms with Crippen molar-refractivity contribution in [2.24, 2.45) is 0 Å². The molecule has 1 fully saturated rings. The lowest BCUT2D eigenvalue weighted by Crippen LogP contribution is -2.48. The lowest BCUT2D eigenvalue weighted by atomic mass is 10.2. The lowest BCUT2D eigenvalue weighted by Gasteiger charge is -2.35. The molecule has 0 unspecified atom stereocenters. The zero-order chi connectivity index (χ0) is 26.5. The fourth-order valence-electron chi connectivity index (χ4n) is 3.93. The molecule has 1 amide bonds. The molecular formula is C24H26ClN7O5. The van der Waals surface area contributed by atoms with E-state index in [1.165, 1.54) is 31.5 Å². The first-order chi connectivity index (χ1) is 17.8. The Kier molecular flexibility index (Phi) is 7.77. The first-order valence-electron chi connectivity index (χ1n) is 11.4. The molecule has 1 aromatic heterocycles. The molecule has 0 bridgehead atoms. The van der Waals surface area contributed by atoms with E-state index in [1.54, 1.807) is 14.0 Å². The Hall–Kier alpha value is -4.32. The Morgan fingerprint density at radius 2 is 1.76 bits per heavy atom. The van der Waals surface area contributed by atoms with E-state index < -0.39 is 4.92 Å². The summed E-state index contributed by atoms with van der Waals surface area (Å²) in [5.41, 5.74) is 1.83. The van der Waals surface area contributed by atoms with Gasteiger partial charge >= 0.3 is 0 Å². The van der Waals surface area contributed by atoms with Gasteiger partial charge < -0.3 is 29.9 Å². The van der Waals surface area contributed by atoms with E-state index in [4.69, 9.17) is 21.1 Å². The predicted octanol–water partition coefficient (Wildman–Crippen LogP) is 4.21. The zero-order valence-corrected chi connectivity index (χ0v) is 21.3. The molecule has 2 N–H and O–H groups in total. The molecule has 1 aliphatic rings. The third kappa shape index (κ3) is 5.92. The summed E-state index contributed by atoms with van der Waals surface area (Å²) in [6, 6.07) is 9.90. The number of rotatable bonds is 8. The Balaban J connectivity index is 1.54. The summed E-state index contributed by atoms with van der Waals surface area (Å²) >= 11 is 6.35. The van der Waals surface area contributed by atoms with Gasteiger partial charge in [0.1, 0.15) is 16.5 Å². The summed E-state index contributed by atoms with van der Waals surface area (Å²) in [7, 11) is 3.03. The van der Waals surface area contributed by atoms with Gasteiger partial charge in [-0.05, 0) is 18.2 Å². The monoisotopic (exact) mass is 527 g/mol. The first-order valence-corrected chi connectivity index (χ1v) is 11.7. The number of hydrogen-bond acceptors (Lipinski definition) is 10. The largest absolute Gasteiger partial charge is 0.495 e. The number of amides is 1. The van der Waals surface area contributed by atoms with Gasteiger partial charge in [0.15, 0.2) is 5.82 Å². The molecule has 3 aromatic rings. The highest BCUT2D eigenvalue weighted by molar-refractivity contribution is 6.33. The summed E-state index contributed by atoms with van der Waals surface area (Å²) in [6.45, 7) is 4.37. The summed E-state index contributed by atoms with van der Waals surface area (Å²) in [5, 5.41) is 17.6. The van der Waals surface area contributed by atoms with Crippen LogP contribution in [0.15, 0.2) is 42.6 Å². The highest BCUT2D eigenvalue weighted by Gasteiger charge is 2.20. The number of carbonyl (C=O) groups excluding carboxylic acids is 1. The smallest absolute Gasteiger partial charge is 0.271 e. The maximum Gasteiger partial charge on any atom is 0.271 e. The van der Waals surface area contributed by atoms with Crippen molar-refractivity contribution in [3.63, 3.8) is 0 Å². The van der Waals surface area contributed by atoms with Gasteiger partial charge in [0.2, 0.25) is 11.9 Å². The van der Waals surface area contributed by atoms with Crippen LogP contribution in [0.3, 0.4) is 0 Å². The molecule has 0 radical (unpaired) electrons. The molecule has 37 heavy (non-hydrogen) atoms. The average Bonchev–Trinajstić information content (AvgIpc) is 2.90. The van der Waals surface area contributed by atoms with Crippen LogP contribution in [0.2, 0.25) is 5.02 Å². The molecule has 1 aliphatic heterocycles. The number of anilines is 5. The number of nitrogens with one attached hydrogen (secondary N) is 2. The standard InChI is InChI=1S/C24H26ClN7O5/c1-15(33)30-8-10-31(11-9-30)16-4-6-19(22(13-16)37-3)27-23-18(25)14-26-24(29-23)28-20-12-17(32(34)35)5-7-21(20)36-2/h4-7,12-14H,8-11H2,1-3H3,(H2,26,27,28,29). The van der Waals surface area contributed by atoms with Crippen molar-refractivity contribution in [3.05, 3.63) is 57.7 Å². The molecule has 12 nitrogen and oxygen atoms in total. The minimum Gasteiger partial charge on any atom is -0.495 e. The van der Waals surface area contributed by atoms with Crippen LogP contribution in [0.5, 0.6) is 11.5 Å². The molecule has 1 saturated heterocycles. The molecule has 0 atom stereocenters. The quantitative estimate of drug-likeness (QED) is 0.324. The molecule has 194 valence electrons. The Labute approximate surface area is 218 Å². The van der Waals surface area contributed by atoms with Crippen LogP contribution >= 0.6 is 11.6 Å². The number of methoxy groups -OCH3 is 2. The van der Waals surface area contributed by atoms with E-state index in [9.17, 15) is 14.9 Å². The van der Waals surface area contributed by atoms with Crippen LogP contribution < -0.4 is 25.0 Å². The number of carbonyl (C=O) groups is 1. The zero-order valence-electron chi connectivity index (χ0n) is 20.5. The molecule has 0 spiro atoms. The van der Waals surface area contributed by atoms with E-state index in [-0.39, 0.29) is 22.6 Å². The topological polar surface area (TPSA) is 135 Å². The number of non-ortho nitro benzene ring substituents is 1. The maximum atomic E-state index is 11.6. The number of nitrogens with zero attached hydrogens (tertiary/aromatic N) is 5. The van der Waals surface area contributed by atoms with Gasteiger partial charge in [-0.2, -0.15) is 4.98 Å². The van der Waals surface area contributed by atoms with Gasteiger partial charge in [0, 0.05) is 57.0 Å². The first kappa shape index (κ1) is 25.8. The maximum absolute atomic E-state index is 11.6. The second kappa shape index (κ2) is 11.2. The average molecular weight is 528 g/mol. The van der Waals surface area contributed by atoms with Gasteiger partial charge in [0.05, 0.1) is 36.7 Å². The molecular weight excluding hydrogens is 502 g/mol. The van der Waals surface area contributed by atoms with E-state index in [0.717, 1.165) is 18.8 Å². The second-order valence-corrected chi connectivity index (χ2v) is 8.57. The van der Waals surface area contributed by atoms with Crippen LogP contribution in [0, 0.1) is 10.1 Å². The Bertz CT molecular complexity index is 1310. The van der Waals surface area contributed by atoms with Crippen molar-refractivity contribution in [2.45, 2.75) is 6.92 Å². The fraction of sp³-hybridized carbons (Fsp3) is 0.292. The van der Waals surface area contributed by atoms with Crippen molar-refractivity contribution < 1.29 is 19.2 Å². The molecule has 0 saturated carbocycles. The van der Waals surface area contributed by atoms with Crippen molar-refractivity contribution in [1.82, 2.24) is 14.9 Å². The highest BCUT2D eigenvalue weighted by atomic mass is 35.5. The van der Waals surface area contributed by atoms with Gasteiger partial charge in [0.25, 0.3) is 5.69 Å². The van der Waals surface area contributed by atoms with E-state index in [2.05, 4.69) is 25.5 Å². The molecule has 0 aliphatic carbocycles. The van der Waals surface area contributed by atoms with Crippen LogP contribution in [-0.2, 0) is 4.79 Å². The number of aromatic nitrogens is 2. The molecule has 4 rings (SSSR count). The Morgan fingerprint density at radius 1 is 1.03 bits per heavy atom. The summed E-state index contributed by atoms with van der Waals surface area (Å²) in [6.07, 6.45) is 1.42. The van der Waals surface area contributed by atoms with E-state index in [1.807, 2.05) is 23.1 Å². The lowest BCUT2D eigenvalue weighted by molar-refractivity contribution is -0.384. The summed E-state index contributed by atoms with van der Waals surface area (Å²) in [5.74, 6) is 1.52. The number of nitro groups is 1. The predicted molar refractivity (Wildman–Crippen MR) is 141 cm³/mol. The SMILES string of the molecule is COc1ccc([N+](=O)[O-])cc1Nc1ncc(Cl)c(Nc2ccc(N3CCN(C(C)=O)CC3)cc2OC)n1. The van der Waals surface area contributed by atoms with Gasteiger partial charge in [-0.25, -0.2) is 4.98 Å². The number of hydrogen-bond donors (Lipinski definition) is 2. The van der Waals surface area contributed by atoms with Crippen LogP contribution in [0.1, 0.15) is 6.92 Å². The second-order valence-electron chi connectivity index (χ2n) is 8.16. The van der Waals surface area contributed by atoms with Crippen molar-refractivity contribution in [3.8, 4) is 11.5 Å². The fourth-order valence-corrected chi connectivity index (χ4v) is 4.07. The number of nitro benzene ring substituents is 1. The van der Waals surface area contributed by atoms with Crippen molar-refractivity contribution in [2.75, 3.05) is 55.9 Å². The summed E-state index contributed by atoms with van der Waals surface area (Å²) < 4.78 is 10.9. The van der Waals surface area contributed by atoms with Gasteiger partial charge in [-0.1, -0.05) is 11.6 Å².